The molecule has 0 N–H and O–H groups in total. The molecular weight excluding hydrogens is 240 g/mol. The molecule has 0 aliphatic carbocycles. The number of halogens is 1. The highest BCUT2D eigenvalue weighted by Crippen LogP contribution is 2.14. The maximum Gasteiger partial charge on any atom is 0.136 e. The fourth-order valence-electron chi connectivity index (χ4n) is 1.16. The van der Waals surface area contributed by atoms with Gasteiger partial charge in [-0.05, 0) is 23.7 Å². The molecule has 0 spiro atoms. The summed E-state index contributed by atoms with van der Waals surface area (Å²) in [6.45, 7) is 4.43. The van der Waals surface area contributed by atoms with Gasteiger partial charge in [-0.1, -0.05) is 41.2 Å². The van der Waals surface area contributed by atoms with Gasteiger partial charge in [-0.15, -0.1) is 12.0 Å². The summed E-state index contributed by atoms with van der Waals surface area (Å²) in [5.74, 6) is 0. The smallest absolute Gasteiger partial charge is 0.135 e. The number of terminal acetylenes is 1. The normalized spacial score (nSPS) is 10.9. The maximum absolute atomic E-state index is 5.49. The molecule has 0 saturated heterocycles. The van der Waals surface area contributed by atoms with Gasteiger partial charge < -0.3 is 0 Å². The van der Waals surface area contributed by atoms with Gasteiger partial charge in [0.15, 0.2) is 0 Å². The SMILES string of the molecule is C#C[Si](C)(C)Cc1ccc(Br)cc1. The largest absolute Gasteiger partial charge is 0.136 e. The minimum Gasteiger partial charge on any atom is -0.135 e. The first-order valence-corrected chi connectivity index (χ1v) is 8.26. The van der Waals surface area contributed by atoms with Gasteiger partial charge in [-0.25, -0.2) is 0 Å². The van der Waals surface area contributed by atoms with E-state index in [2.05, 4.69) is 58.8 Å². The minimum absolute atomic E-state index is 1.07. The Bertz CT molecular complexity index is 319. The van der Waals surface area contributed by atoms with Crippen molar-refractivity contribution in [2.75, 3.05) is 0 Å². The molecule has 1 aromatic carbocycles. The molecule has 0 aliphatic heterocycles. The summed E-state index contributed by atoms with van der Waals surface area (Å²) in [4.78, 5) is 0. The second-order valence-electron chi connectivity index (χ2n) is 3.83. The fraction of sp³-hybridized carbons (Fsp3) is 0.273. The fourth-order valence-corrected chi connectivity index (χ4v) is 2.79. The first kappa shape index (κ1) is 10.6. The van der Waals surface area contributed by atoms with Gasteiger partial charge in [-0.2, -0.15) is 0 Å². The van der Waals surface area contributed by atoms with E-state index in [9.17, 15) is 0 Å². The van der Waals surface area contributed by atoms with Crippen molar-refractivity contribution < 1.29 is 0 Å². The van der Waals surface area contributed by atoms with Crippen molar-refractivity contribution in [2.24, 2.45) is 0 Å². The molecule has 1 rings (SSSR count). The van der Waals surface area contributed by atoms with Gasteiger partial charge in [0, 0.05) is 4.47 Å². The third-order valence-electron chi connectivity index (χ3n) is 1.95. The molecule has 0 aliphatic rings. The summed E-state index contributed by atoms with van der Waals surface area (Å²) in [6.07, 6.45) is 5.49. The predicted molar refractivity (Wildman–Crippen MR) is 64.2 cm³/mol. The maximum atomic E-state index is 5.49. The Balaban J connectivity index is 2.77. The topological polar surface area (TPSA) is 0 Å². The van der Waals surface area contributed by atoms with E-state index in [4.69, 9.17) is 6.42 Å². The Morgan fingerprint density at radius 1 is 1.31 bits per heavy atom. The molecule has 2 heteroatoms. The van der Waals surface area contributed by atoms with Gasteiger partial charge in [-0.3, -0.25) is 0 Å². The molecule has 0 heterocycles. The van der Waals surface area contributed by atoms with Crippen molar-refractivity contribution in [3.63, 3.8) is 0 Å². The number of benzene rings is 1. The lowest BCUT2D eigenvalue weighted by molar-refractivity contribution is 1.33. The van der Waals surface area contributed by atoms with Crippen molar-refractivity contribution >= 4 is 24.0 Å². The molecular formula is C11H13BrSi. The van der Waals surface area contributed by atoms with Crippen LogP contribution < -0.4 is 0 Å². The van der Waals surface area contributed by atoms with Crippen LogP contribution in [0.3, 0.4) is 0 Å². The lowest BCUT2D eigenvalue weighted by Gasteiger charge is -2.14. The average molecular weight is 253 g/mol. The van der Waals surface area contributed by atoms with Crippen molar-refractivity contribution in [1.82, 2.24) is 0 Å². The van der Waals surface area contributed by atoms with E-state index in [1.807, 2.05) is 0 Å². The van der Waals surface area contributed by atoms with Gasteiger partial charge in [0.25, 0.3) is 0 Å². The Hall–Kier alpha value is -0.523. The standard InChI is InChI=1S/C11H13BrSi/c1-4-13(2,3)9-10-5-7-11(12)8-6-10/h1,5-8H,9H2,2-3H3. The van der Waals surface area contributed by atoms with Crippen LogP contribution in [0.15, 0.2) is 28.7 Å². The summed E-state index contributed by atoms with van der Waals surface area (Å²) in [7, 11) is -1.42. The van der Waals surface area contributed by atoms with Crippen molar-refractivity contribution in [3.8, 4) is 12.0 Å². The van der Waals surface area contributed by atoms with Gasteiger partial charge >= 0.3 is 0 Å². The van der Waals surface area contributed by atoms with Crippen LogP contribution in [0.2, 0.25) is 13.1 Å². The number of hydrogen-bond acceptors (Lipinski definition) is 0. The highest BCUT2D eigenvalue weighted by Gasteiger charge is 2.17. The molecule has 0 nitrogen and oxygen atoms in total. The Morgan fingerprint density at radius 2 is 1.85 bits per heavy atom. The van der Waals surface area contributed by atoms with Crippen LogP contribution >= 0.6 is 15.9 Å². The van der Waals surface area contributed by atoms with Gasteiger partial charge in [0.05, 0.1) is 0 Å². The second-order valence-corrected chi connectivity index (χ2v) is 9.16. The molecule has 0 atom stereocenters. The lowest BCUT2D eigenvalue weighted by Crippen LogP contribution is -2.27. The van der Waals surface area contributed by atoms with Gasteiger partial charge in [0.1, 0.15) is 8.07 Å². The molecule has 0 radical (unpaired) electrons. The average Bonchev–Trinajstić information content (AvgIpc) is 2.09. The molecule has 0 fully saturated rings. The van der Waals surface area contributed by atoms with Crippen LogP contribution in [0.4, 0.5) is 0 Å². The second kappa shape index (κ2) is 4.12. The molecule has 68 valence electrons. The minimum atomic E-state index is -1.42. The van der Waals surface area contributed by atoms with Crippen LogP contribution in [0, 0.1) is 12.0 Å². The van der Waals surface area contributed by atoms with E-state index in [1.165, 1.54) is 5.56 Å². The molecule has 0 unspecified atom stereocenters. The zero-order chi connectivity index (χ0) is 9.90. The van der Waals surface area contributed by atoms with E-state index in [1.54, 1.807) is 0 Å². The zero-order valence-corrected chi connectivity index (χ0v) is 10.6. The van der Waals surface area contributed by atoms with E-state index >= 15 is 0 Å². The third-order valence-corrected chi connectivity index (χ3v) is 4.55. The predicted octanol–water partition coefficient (Wildman–Crippen LogP) is 3.41. The summed E-state index contributed by atoms with van der Waals surface area (Å²) in [6, 6.07) is 9.47. The first-order valence-electron chi connectivity index (χ1n) is 4.26. The molecule has 13 heavy (non-hydrogen) atoms. The van der Waals surface area contributed by atoms with Crippen LogP contribution in [0.5, 0.6) is 0 Å². The van der Waals surface area contributed by atoms with Crippen LogP contribution in [-0.2, 0) is 6.04 Å². The van der Waals surface area contributed by atoms with E-state index < -0.39 is 8.07 Å². The monoisotopic (exact) mass is 252 g/mol. The van der Waals surface area contributed by atoms with E-state index in [0.717, 1.165) is 10.5 Å². The molecule has 1 aromatic rings. The van der Waals surface area contributed by atoms with E-state index in [0.29, 0.717) is 0 Å². The molecule has 0 aromatic heterocycles. The van der Waals surface area contributed by atoms with Crippen molar-refractivity contribution in [1.29, 1.82) is 0 Å². The van der Waals surface area contributed by atoms with Crippen LogP contribution in [0.1, 0.15) is 5.56 Å². The Labute approximate surface area is 89.5 Å². The first-order chi connectivity index (χ1) is 6.03. The highest BCUT2D eigenvalue weighted by atomic mass is 79.9. The van der Waals surface area contributed by atoms with Crippen LogP contribution in [-0.4, -0.2) is 8.07 Å². The summed E-state index contributed by atoms with van der Waals surface area (Å²) in [5, 5.41) is 0. The molecule has 0 amide bonds. The van der Waals surface area contributed by atoms with Gasteiger partial charge in [0.2, 0.25) is 0 Å². The summed E-state index contributed by atoms with van der Waals surface area (Å²) < 4.78 is 1.12. The Morgan fingerprint density at radius 3 is 2.31 bits per heavy atom. The molecule has 0 saturated carbocycles. The summed E-state index contributed by atoms with van der Waals surface area (Å²) >= 11 is 3.41. The van der Waals surface area contributed by atoms with Crippen molar-refractivity contribution in [2.45, 2.75) is 19.1 Å². The van der Waals surface area contributed by atoms with Crippen molar-refractivity contribution in [3.05, 3.63) is 34.3 Å². The third kappa shape index (κ3) is 3.37. The highest BCUT2D eigenvalue weighted by molar-refractivity contribution is 9.10. The number of hydrogen-bond donors (Lipinski definition) is 0. The van der Waals surface area contributed by atoms with E-state index in [-0.39, 0.29) is 0 Å². The quantitative estimate of drug-likeness (QED) is 0.559. The molecule has 0 bridgehead atoms. The van der Waals surface area contributed by atoms with Crippen LogP contribution in [0.25, 0.3) is 0 Å². The number of rotatable bonds is 2. The summed E-state index contributed by atoms with van der Waals surface area (Å²) in [5.41, 5.74) is 4.28. The Kier molecular flexibility index (Phi) is 3.35. The zero-order valence-electron chi connectivity index (χ0n) is 7.97. The lowest BCUT2D eigenvalue weighted by atomic mass is 10.2.